The van der Waals surface area contributed by atoms with Gasteiger partial charge in [0.05, 0.1) is 24.3 Å². The van der Waals surface area contributed by atoms with Crippen LogP contribution in [-0.4, -0.2) is 25.9 Å². The molecule has 0 bridgehead atoms. The van der Waals surface area contributed by atoms with E-state index >= 15 is 0 Å². The highest BCUT2D eigenvalue weighted by atomic mass is 35.5. The minimum atomic E-state index is -0.231. The Morgan fingerprint density at radius 3 is 2.57 bits per heavy atom. The summed E-state index contributed by atoms with van der Waals surface area (Å²) in [6.45, 7) is 5.47. The van der Waals surface area contributed by atoms with Gasteiger partial charge in [-0.3, -0.25) is 4.79 Å². The molecule has 1 N–H and O–H groups in total. The molecule has 0 fully saturated rings. The van der Waals surface area contributed by atoms with E-state index in [-0.39, 0.29) is 24.7 Å². The van der Waals surface area contributed by atoms with E-state index in [1.807, 2.05) is 18.2 Å². The van der Waals surface area contributed by atoms with Gasteiger partial charge in [0.2, 0.25) is 6.79 Å². The lowest BCUT2D eigenvalue weighted by Gasteiger charge is -2.24. The van der Waals surface area contributed by atoms with Crippen LogP contribution in [0.2, 0.25) is 5.02 Å². The Morgan fingerprint density at radius 2 is 1.79 bits per heavy atom. The highest BCUT2D eigenvalue weighted by Gasteiger charge is 2.24. The van der Waals surface area contributed by atoms with Crippen molar-refractivity contribution < 1.29 is 23.7 Å². The van der Waals surface area contributed by atoms with Gasteiger partial charge in [-0.15, -0.1) is 0 Å². The van der Waals surface area contributed by atoms with E-state index in [0.29, 0.717) is 41.0 Å². The summed E-state index contributed by atoms with van der Waals surface area (Å²) >= 11 is 6.21. The number of rotatable bonds is 4. The molecule has 2 aliphatic heterocycles. The van der Waals surface area contributed by atoms with E-state index in [0.717, 1.165) is 17.7 Å². The van der Waals surface area contributed by atoms with Gasteiger partial charge in [0, 0.05) is 12.0 Å². The molecule has 0 spiro atoms. The van der Waals surface area contributed by atoms with Crippen molar-refractivity contribution in [3.63, 3.8) is 0 Å². The lowest BCUT2D eigenvalue weighted by atomic mass is 9.95. The third-order valence-electron chi connectivity index (χ3n) is 4.77. The van der Waals surface area contributed by atoms with Gasteiger partial charge in [-0.05, 0) is 35.7 Å². The molecule has 2 aromatic carbocycles. The summed E-state index contributed by atoms with van der Waals surface area (Å²) in [5, 5.41) is 3.46. The van der Waals surface area contributed by atoms with Crippen molar-refractivity contribution in [2.45, 2.75) is 26.3 Å². The first-order valence-electron chi connectivity index (χ1n) is 9.32. The second-order valence-electron chi connectivity index (χ2n) is 7.14. The topological polar surface area (TPSA) is 66.0 Å². The van der Waals surface area contributed by atoms with E-state index in [1.54, 1.807) is 12.1 Å². The smallest absolute Gasteiger partial charge is 0.251 e. The number of carbonyl (C=O) groups excluding carboxylic acids is 1. The third-order valence-corrected chi connectivity index (χ3v) is 5.05. The summed E-state index contributed by atoms with van der Waals surface area (Å²) in [6.07, 6.45) is 0.846. The van der Waals surface area contributed by atoms with Crippen molar-refractivity contribution in [2.24, 2.45) is 5.92 Å². The zero-order valence-corrected chi connectivity index (χ0v) is 16.5. The van der Waals surface area contributed by atoms with Gasteiger partial charge in [0.1, 0.15) is 0 Å². The standard InChI is InChI=1S/C21H22ClNO5/c1-12(2)19(13-4-5-16-17(9-13)26-7-3-6-25-16)23-21(24)14-8-15(22)20-18(10-14)27-11-28-20/h4-5,8-10,12,19H,3,6-7,11H2,1-2H3,(H,23,24)/t19-/m1/s1. The van der Waals surface area contributed by atoms with Gasteiger partial charge in [-0.2, -0.15) is 0 Å². The molecule has 0 saturated heterocycles. The molecule has 0 saturated carbocycles. The predicted molar refractivity (Wildman–Crippen MR) is 105 cm³/mol. The van der Waals surface area contributed by atoms with Crippen molar-refractivity contribution >= 4 is 17.5 Å². The normalized spacial score (nSPS) is 15.9. The van der Waals surface area contributed by atoms with Crippen molar-refractivity contribution in [2.75, 3.05) is 20.0 Å². The Kier molecular flexibility index (Phi) is 5.22. The molecule has 1 amide bonds. The minimum absolute atomic E-state index is 0.103. The fraction of sp³-hybridized carbons (Fsp3) is 0.381. The van der Waals surface area contributed by atoms with E-state index < -0.39 is 0 Å². The molecule has 4 rings (SSSR count). The highest BCUT2D eigenvalue weighted by Crippen LogP contribution is 2.40. The Balaban J connectivity index is 1.58. The zero-order chi connectivity index (χ0) is 19.7. The van der Waals surface area contributed by atoms with Crippen LogP contribution in [-0.2, 0) is 0 Å². The first kappa shape index (κ1) is 18.7. The van der Waals surface area contributed by atoms with Crippen LogP contribution in [0.5, 0.6) is 23.0 Å². The third kappa shape index (κ3) is 3.69. The number of amides is 1. The number of nitrogens with one attached hydrogen (secondary N) is 1. The number of hydrogen-bond acceptors (Lipinski definition) is 5. The van der Waals surface area contributed by atoms with Gasteiger partial charge in [-0.1, -0.05) is 31.5 Å². The molecule has 2 aliphatic rings. The predicted octanol–water partition coefficient (Wildman–Crippen LogP) is 4.36. The Bertz CT molecular complexity index is 899. The van der Waals surface area contributed by atoms with E-state index in [4.69, 9.17) is 30.5 Å². The van der Waals surface area contributed by atoms with Crippen LogP contribution in [0.3, 0.4) is 0 Å². The van der Waals surface area contributed by atoms with Crippen LogP contribution in [0.4, 0.5) is 0 Å². The maximum absolute atomic E-state index is 12.9. The average Bonchev–Trinajstić information content (AvgIpc) is 3.03. The fourth-order valence-electron chi connectivity index (χ4n) is 3.33. The first-order valence-corrected chi connectivity index (χ1v) is 9.70. The van der Waals surface area contributed by atoms with Crippen molar-refractivity contribution in [3.8, 4) is 23.0 Å². The molecular formula is C21H22ClNO5. The summed E-state index contributed by atoms with van der Waals surface area (Å²) in [5.74, 6) is 2.33. The number of benzene rings is 2. The summed E-state index contributed by atoms with van der Waals surface area (Å²) in [5.41, 5.74) is 1.38. The lowest BCUT2D eigenvalue weighted by Crippen LogP contribution is -2.31. The minimum Gasteiger partial charge on any atom is -0.490 e. The molecule has 2 heterocycles. The molecule has 0 aliphatic carbocycles. The molecule has 148 valence electrons. The summed E-state index contributed by atoms with van der Waals surface area (Å²) in [6, 6.07) is 8.84. The fourth-order valence-corrected chi connectivity index (χ4v) is 3.60. The SMILES string of the molecule is CC(C)[C@@H](NC(=O)c1cc(Cl)c2c(c1)OCO2)c1ccc2c(c1)OCCCO2. The van der Waals surface area contributed by atoms with E-state index in [1.165, 1.54) is 0 Å². The molecule has 28 heavy (non-hydrogen) atoms. The van der Waals surface area contributed by atoms with Gasteiger partial charge >= 0.3 is 0 Å². The molecule has 7 heteroatoms. The second kappa shape index (κ2) is 7.80. The number of carbonyl (C=O) groups is 1. The monoisotopic (exact) mass is 403 g/mol. The maximum atomic E-state index is 12.9. The number of ether oxygens (including phenoxy) is 4. The quantitative estimate of drug-likeness (QED) is 0.821. The number of hydrogen-bond donors (Lipinski definition) is 1. The van der Waals surface area contributed by atoms with Crippen LogP contribution in [0.25, 0.3) is 0 Å². The van der Waals surface area contributed by atoms with E-state index in [2.05, 4.69) is 19.2 Å². The molecule has 0 radical (unpaired) electrons. The molecule has 1 atom stereocenters. The molecule has 0 unspecified atom stereocenters. The first-order chi connectivity index (χ1) is 13.5. The van der Waals surface area contributed by atoms with Crippen molar-refractivity contribution in [1.82, 2.24) is 5.32 Å². The maximum Gasteiger partial charge on any atom is 0.251 e. The van der Waals surface area contributed by atoms with Crippen molar-refractivity contribution in [1.29, 1.82) is 0 Å². The summed E-state index contributed by atoms with van der Waals surface area (Å²) in [4.78, 5) is 12.9. The van der Waals surface area contributed by atoms with Gasteiger partial charge in [-0.25, -0.2) is 0 Å². The second-order valence-corrected chi connectivity index (χ2v) is 7.55. The van der Waals surface area contributed by atoms with Crippen molar-refractivity contribution in [3.05, 3.63) is 46.5 Å². The Hall–Kier alpha value is -2.60. The molecule has 2 aromatic rings. The summed E-state index contributed by atoms with van der Waals surface area (Å²) < 4.78 is 22.2. The lowest BCUT2D eigenvalue weighted by molar-refractivity contribution is 0.0925. The van der Waals surface area contributed by atoms with Crippen LogP contribution in [0, 0.1) is 5.92 Å². The molecule has 6 nitrogen and oxygen atoms in total. The summed E-state index contributed by atoms with van der Waals surface area (Å²) in [7, 11) is 0. The average molecular weight is 404 g/mol. The number of fused-ring (bicyclic) bond motifs is 2. The zero-order valence-electron chi connectivity index (χ0n) is 15.8. The molecular weight excluding hydrogens is 382 g/mol. The Morgan fingerprint density at radius 1 is 1.00 bits per heavy atom. The molecule has 0 aromatic heterocycles. The van der Waals surface area contributed by atoms with Gasteiger partial charge < -0.3 is 24.3 Å². The van der Waals surface area contributed by atoms with Crippen LogP contribution >= 0.6 is 11.6 Å². The number of halogens is 1. The van der Waals surface area contributed by atoms with Gasteiger partial charge in [0.15, 0.2) is 23.0 Å². The highest BCUT2D eigenvalue weighted by molar-refractivity contribution is 6.32. The largest absolute Gasteiger partial charge is 0.490 e. The van der Waals surface area contributed by atoms with Crippen LogP contribution in [0.1, 0.15) is 42.2 Å². The Labute approximate surface area is 168 Å². The van der Waals surface area contributed by atoms with Crippen LogP contribution in [0.15, 0.2) is 30.3 Å². The van der Waals surface area contributed by atoms with Gasteiger partial charge in [0.25, 0.3) is 5.91 Å². The van der Waals surface area contributed by atoms with E-state index in [9.17, 15) is 4.79 Å². The van der Waals surface area contributed by atoms with Crippen LogP contribution < -0.4 is 24.3 Å².